The molecule has 1 aliphatic heterocycles. The Morgan fingerprint density at radius 2 is 1.96 bits per heavy atom. The molecule has 0 saturated carbocycles. The van der Waals surface area contributed by atoms with Gasteiger partial charge >= 0.3 is 0 Å². The summed E-state index contributed by atoms with van der Waals surface area (Å²) in [5.41, 5.74) is 1.93. The van der Waals surface area contributed by atoms with Crippen molar-refractivity contribution in [3.63, 3.8) is 0 Å². The molecule has 9 heteroatoms. The fourth-order valence-electron chi connectivity index (χ4n) is 3.63. The Hall–Kier alpha value is -3.07. The molecule has 1 fully saturated rings. The van der Waals surface area contributed by atoms with Crippen molar-refractivity contribution in [3.8, 4) is 0 Å². The quantitative estimate of drug-likeness (QED) is 0.515. The van der Waals surface area contributed by atoms with Crippen molar-refractivity contribution in [2.45, 2.75) is 13.0 Å². The van der Waals surface area contributed by atoms with Gasteiger partial charge in [0, 0.05) is 51.4 Å². The number of non-ortho nitro benzene ring substituents is 1. The number of aromatic nitrogens is 4. The molecular formula is C18H21N7O2. The van der Waals surface area contributed by atoms with Crippen LogP contribution < -0.4 is 4.90 Å². The highest BCUT2D eigenvalue weighted by atomic mass is 16.6. The molecule has 0 unspecified atom stereocenters. The van der Waals surface area contributed by atoms with Crippen LogP contribution in [0.2, 0.25) is 0 Å². The summed E-state index contributed by atoms with van der Waals surface area (Å²) >= 11 is 0. The molecule has 0 N–H and O–H groups in total. The number of benzene rings is 1. The summed E-state index contributed by atoms with van der Waals surface area (Å²) in [5.74, 6) is 0.913. The number of hydrogen-bond donors (Lipinski definition) is 0. The van der Waals surface area contributed by atoms with Crippen molar-refractivity contribution in [3.05, 3.63) is 52.5 Å². The van der Waals surface area contributed by atoms with Gasteiger partial charge in [0.2, 0.25) is 0 Å². The highest BCUT2D eigenvalue weighted by Gasteiger charge is 2.25. The van der Waals surface area contributed by atoms with Crippen molar-refractivity contribution in [1.82, 2.24) is 24.6 Å². The summed E-state index contributed by atoms with van der Waals surface area (Å²) in [5, 5.41) is 16.3. The zero-order chi connectivity index (χ0) is 19.0. The number of aryl methyl sites for hydroxylation is 1. The third kappa shape index (κ3) is 3.21. The molecule has 3 heterocycles. The molecule has 0 aliphatic carbocycles. The van der Waals surface area contributed by atoms with Crippen LogP contribution in [-0.4, -0.2) is 55.8 Å². The van der Waals surface area contributed by atoms with Crippen LogP contribution in [0, 0.1) is 10.1 Å². The van der Waals surface area contributed by atoms with Gasteiger partial charge in [0.15, 0.2) is 5.65 Å². The molecule has 9 nitrogen and oxygen atoms in total. The van der Waals surface area contributed by atoms with Gasteiger partial charge in [0.25, 0.3) is 5.69 Å². The second kappa shape index (κ2) is 6.92. The smallest absolute Gasteiger partial charge is 0.269 e. The Bertz CT molecular complexity index is 979. The maximum atomic E-state index is 11.0. The summed E-state index contributed by atoms with van der Waals surface area (Å²) in [6, 6.07) is 7.02. The molecule has 140 valence electrons. The largest absolute Gasteiger partial charge is 0.353 e. The van der Waals surface area contributed by atoms with Crippen molar-refractivity contribution in [2.75, 3.05) is 31.1 Å². The lowest BCUT2D eigenvalue weighted by atomic mass is 10.1. The maximum Gasteiger partial charge on any atom is 0.269 e. The summed E-state index contributed by atoms with van der Waals surface area (Å²) in [6.45, 7) is 5.48. The van der Waals surface area contributed by atoms with E-state index < -0.39 is 0 Å². The lowest BCUT2D eigenvalue weighted by Gasteiger charge is -2.38. The number of nitro benzene ring substituents is 1. The number of piperazine rings is 1. The number of nitro groups is 1. The van der Waals surface area contributed by atoms with Gasteiger partial charge in [0.1, 0.15) is 12.1 Å². The average molecular weight is 367 g/mol. The van der Waals surface area contributed by atoms with Gasteiger partial charge in [0.05, 0.1) is 16.5 Å². The normalized spacial score (nSPS) is 16.6. The molecule has 0 amide bonds. The predicted molar refractivity (Wildman–Crippen MR) is 102 cm³/mol. The van der Waals surface area contributed by atoms with E-state index in [0.717, 1.165) is 48.6 Å². The van der Waals surface area contributed by atoms with Crippen LogP contribution in [0.4, 0.5) is 11.5 Å². The molecule has 2 aromatic heterocycles. The lowest BCUT2D eigenvalue weighted by molar-refractivity contribution is -0.384. The monoisotopic (exact) mass is 367 g/mol. The molecule has 1 aliphatic rings. The number of fused-ring (bicyclic) bond motifs is 1. The van der Waals surface area contributed by atoms with E-state index in [4.69, 9.17) is 0 Å². The molecule has 0 radical (unpaired) electrons. The number of nitrogens with zero attached hydrogens (tertiary/aromatic N) is 7. The average Bonchev–Trinajstić information content (AvgIpc) is 3.09. The van der Waals surface area contributed by atoms with Crippen LogP contribution in [0.3, 0.4) is 0 Å². The Kier molecular flexibility index (Phi) is 4.44. The van der Waals surface area contributed by atoms with E-state index in [-0.39, 0.29) is 16.7 Å². The second-order valence-electron chi connectivity index (χ2n) is 6.75. The Morgan fingerprint density at radius 1 is 1.19 bits per heavy atom. The Balaban J connectivity index is 1.48. The van der Waals surface area contributed by atoms with Gasteiger partial charge in [-0.05, 0) is 12.5 Å². The first kappa shape index (κ1) is 17.3. The molecule has 0 spiro atoms. The SMILES string of the molecule is C[C@H](c1cccc([N+](=O)[O-])c1)N1CCN(c2ncnc3c2cnn3C)CC1. The van der Waals surface area contributed by atoms with E-state index in [1.54, 1.807) is 23.1 Å². The first-order valence-electron chi connectivity index (χ1n) is 8.90. The third-order valence-corrected chi connectivity index (χ3v) is 5.23. The standard InChI is InChI=1S/C18H21N7O2/c1-13(14-4-3-5-15(10-14)25(26)27)23-6-8-24(9-7-23)18-16-11-21-22(2)17(16)19-12-20-18/h3-5,10-13H,6-9H2,1-2H3/t13-/m1/s1. The van der Waals surface area contributed by atoms with Crippen LogP contribution in [0.1, 0.15) is 18.5 Å². The van der Waals surface area contributed by atoms with Crippen molar-refractivity contribution >= 4 is 22.5 Å². The summed E-state index contributed by atoms with van der Waals surface area (Å²) in [6.07, 6.45) is 3.39. The van der Waals surface area contributed by atoms with Crippen molar-refractivity contribution in [1.29, 1.82) is 0 Å². The fraction of sp³-hybridized carbons (Fsp3) is 0.389. The maximum absolute atomic E-state index is 11.0. The minimum absolute atomic E-state index is 0.121. The lowest BCUT2D eigenvalue weighted by Crippen LogP contribution is -2.47. The van der Waals surface area contributed by atoms with E-state index in [2.05, 4.69) is 31.8 Å². The van der Waals surface area contributed by atoms with E-state index in [9.17, 15) is 10.1 Å². The fourth-order valence-corrected chi connectivity index (χ4v) is 3.63. The summed E-state index contributed by atoms with van der Waals surface area (Å²) in [7, 11) is 1.87. The molecule has 0 bridgehead atoms. The number of hydrogen-bond acceptors (Lipinski definition) is 7. The first-order chi connectivity index (χ1) is 13.0. The highest BCUT2D eigenvalue weighted by Crippen LogP contribution is 2.27. The van der Waals surface area contributed by atoms with Crippen LogP contribution in [0.15, 0.2) is 36.8 Å². The number of anilines is 1. The molecule has 4 rings (SSSR count). The highest BCUT2D eigenvalue weighted by molar-refractivity contribution is 5.86. The van der Waals surface area contributed by atoms with Gasteiger partial charge in [-0.3, -0.25) is 19.7 Å². The van der Waals surface area contributed by atoms with E-state index in [0.29, 0.717) is 0 Å². The Morgan fingerprint density at radius 3 is 2.70 bits per heavy atom. The molecule has 1 saturated heterocycles. The zero-order valence-electron chi connectivity index (χ0n) is 15.3. The van der Waals surface area contributed by atoms with Gasteiger partial charge in [-0.2, -0.15) is 5.10 Å². The zero-order valence-corrected chi connectivity index (χ0v) is 15.3. The molecule has 1 atom stereocenters. The minimum Gasteiger partial charge on any atom is -0.353 e. The Labute approximate surface area is 156 Å². The van der Waals surface area contributed by atoms with E-state index in [1.807, 2.05) is 19.3 Å². The molecular weight excluding hydrogens is 346 g/mol. The van der Waals surface area contributed by atoms with Gasteiger partial charge in [-0.25, -0.2) is 9.97 Å². The third-order valence-electron chi connectivity index (χ3n) is 5.23. The summed E-state index contributed by atoms with van der Waals surface area (Å²) in [4.78, 5) is 24.0. The molecule has 3 aromatic rings. The van der Waals surface area contributed by atoms with Crippen LogP contribution in [-0.2, 0) is 7.05 Å². The van der Waals surface area contributed by atoms with E-state index in [1.165, 1.54) is 6.07 Å². The van der Waals surface area contributed by atoms with Gasteiger partial charge < -0.3 is 4.90 Å². The van der Waals surface area contributed by atoms with Gasteiger partial charge in [-0.15, -0.1) is 0 Å². The molecule has 1 aromatic carbocycles. The number of rotatable bonds is 4. The van der Waals surface area contributed by atoms with Crippen LogP contribution in [0.5, 0.6) is 0 Å². The summed E-state index contributed by atoms with van der Waals surface area (Å²) < 4.78 is 1.75. The topological polar surface area (TPSA) is 93.2 Å². The second-order valence-corrected chi connectivity index (χ2v) is 6.75. The van der Waals surface area contributed by atoms with Gasteiger partial charge in [-0.1, -0.05) is 12.1 Å². The van der Waals surface area contributed by atoms with Crippen LogP contribution >= 0.6 is 0 Å². The van der Waals surface area contributed by atoms with E-state index >= 15 is 0 Å². The van der Waals surface area contributed by atoms with Crippen molar-refractivity contribution < 1.29 is 4.92 Å². The van der Waals surface area contributed by atoms with Crippen LogP contribution in [0.25, 0.3) is 11.0 Å². The van der Waals surface area contributed by atoms with Crippen molar-refractivity contribution in [2.24, 2.45) is 7.05 Å². The minimum atomic E-state index is -0.345. The molecule has 27 heavy (non-hydrogen) atoms. The predicted octanol–water partition coefficient (Wildman–Crippen LogP) is 2.15. The first-order valence-corrected chi connectivity index (χ1v) is 8.90.